The number of rotatable bonds is 1. The predicted octanol–water partition coefficient (Wildman–Crippen LogP) is 4.02. The van der Waals surface area contributed by atoms with Crippen molar-refractivity contribution in [3.63, 3.8) is 0 Å². The molecule has 2 heterocycles. The first-order chi connectivity index (χ1) is 16.9. The van der Waals surface area contributed by atoms with E-state index in [0.717, 1.165) is 24.7 Å². The molecule has 2 saturated carbocycles. The maximum atomic E-state index is 12.8. The lowest BCUT2D eigenvalue weighted by Crippen LogP contribution is -2.31. The van der Waals surface area contributed by atoms with Gasteiger partial charge in [0.2, 0.25) is 5.91 Å². The molecule has 6 heteroatoms. The molecule has 5 aliphatic rings. The largest absolute Gasteiger partial charge is 0.507 e. The lowest BCUT2D eigenvalue weighted by atomic mass is 9.69. The molecule has 0 radical (unpaired) electrons. The highest BCUT2D eigenvalue weighted by atomic mass is 16.3. The van der Waals surface area contributed by atoms with E-state index in [4.69, 9.17) is 0 Å². The molecule has 5 rings (SSSR count). The van der Waals surface area contributed by atoms with Crippen LogP contribution in [0.5, 0.6) is 0 Å². The summed E-state index contributed by atoms with van der Waals surface area (Å²) in [6.07, 6.45) is 17.4. The number of fused-ring (bicyclic) bond motifs is 7. The Morgan fingerprint density at radius 1 is 1.00 bits per heavy atom. The Kier molecular flexibility index (Phi) is 6.73. The Morgan fingerprint density at radius 3 is 2.57 bits per heavy atom. The number of ketones is 1. The summed E-state index contributed by atoms with van der Waals surface area (Å²) in [6, 6.07) is -0.645. The standard InChI is InChI=1S/C29H38N2O4/c1-3-18-16(2)14-22-20(18)10-11-21-19-6-4-8-26(33)30-13-5-7-24-28(34)27(29(35)31-24)25(32)12-9-17(19)15-23(21)22/h4,8-12,16-24,32H,3,5-7,13-15H2,1-2H3,(H,30,33)(H,31,35)/b8-4?,12-9?,27-25-. The number of aliphatic hydroxyl groups excluding tert-OH is 1. The summed E-state index contributed by atoms with van der Waals surface area (Å²) in [5.41, 5.74) is -0.135. The van der Waals surface area contributed by atoms with E-state index in [2.05, 4.69) is 36.6 Å². The highest BCUT2D eigenvalue weighted by Gasteiger charge is 2.52. The van der Waals surface area contributed by atoms with Crippen molar-refractivity contribution < 1.29 is 19.5 Å². The van der Waals surface area contributed by atoms with Gasteiger partial charge in [0, 0.05) is 6.54 Å². The first kappa shape index (κ1) is 24.1. The first-order valence-electron chi connectivity index (χ1n) is 13.5. The quantitative estimate of drug-likeness (QED) is 0.392. The third-order valence-electron chi connectivity index (χ3n) is 9.52. The summed E-state index contributed by atoms with van der Waals surface area (Å²) in [7, 11) is 0. The molecule has 2 aliphatic heterocycles. The van der Waals surface area contributed by atoms with Crippen molar-refractivity contribution in [2.24, 2.45) is 47.3 Å². The van der Waals surface area contributed by atoms with Gasteiger partial charge in [-0.15, -0.1) is 0 Å². The van der Waals surface area contributed by atoms with Crippen LogP contribution in [0.25, 0.3) is 0 Å². The van der Waals surface area contributed by atoms with Crippen LogP contribution in [0, 0.1) is 47.3 Å². The van der Waals surface area contributed by atoms with Crippen LogP contribution in [-0.2, 0) is 14.4 Å². The third-order valence-corrected chi connectivity index (χ3v) is 9.52. The highest BCUT2D eigenvalue weighted by molar-refractivity contribution is 6.27. The molecule has 6 nitrogen and oxygen atoms in total. The average Bonchev–Trinajstić information content (AvgIpc) is 3.44. The maximum absolute atomic E-state index is 12.8. The molecule has 0 aromatic carbocycles. The lowest BCUT2D eigenvalue weighted by Gasteiger charge is -2.35. The van der Waals surface area contributed by atoms with Crippen LogP contribution in [0.15, 0.2) is 47.8 Å². The fraction of sp³-hybridized carbons (Fsp3) is 0.621. The molecule has 1 saturated heterocycles. The molecular weight excluding hydrogens is 440 g/mol. The summed E-state index contributed by atoms with van der Waals surface area (Å²) in [4.78, 5) is 37.6. The number of carbonyl (C=O) groups excluding carboxylic acids is 3. The number of carbonyl (C=O) groups is 3. The minimum Gasteiger partial charge on any atom is -0.507 e. The maximum Gasteiger partial charge on any atom is 0.259 e. The lowest BCUT2D eigenvalue weighted by molar-refractivity contribution is -0.118. The average molecular weight is 479 g/mol. The van der Waals surface area contributed by atoms with Crippen LogP contribution in [0.1, 0.15) is 52.4 Å². The van der Waals surface area contributed by atoms with Gasteiger partial charge < -0.3 is 15.7 Å². The zero-order chi connectivity index (χ0) is 24.7. The molecule has 2 bridgehead atoms. The van der Waals surface area contributed by atoms with Crippen molar-refractivity contribution in [2.75, 3.05) is 6.54 Å². The minimum absolute atomic E-state index is 0.117. The second-order valence-electron chi connectivity index (χ2n) is 11.3. The van der Waals surface area contributed by atoms with Crippen LogP contribution in [-0.4, -0.2) is 35.3 Å². The summed E-state index contributed by atoms with van der Waals surface area (Å²) in [6.45, 7) is 5.14. The van der Waals surface area contributed by atoms with Gasteiger partial charge in [0.15, 0.2) is 5.78 Å². The highest BCUT2D eigenvalue weighted by Crippen LogP contribution is 2.59. The Hall–Kier alpha value is -2.63. The summed E-state index contributed by atoms with van der Waals surface area (Å²) < 4.78 is 0. The van der Waals surface area contributed by atoms with Crippen LogP contribution >= 0.6 is 0 Å². The van der Waals surface area contributed by atoms with Gasteiger partial charge in [0.05, 0.1) is 6.04 Å². The molecule has 3 fully saturated rings. The Balaban J connectivity index is 1.46. The van der Waals surface area contributed by atoms with E-state index in [1.54, 1.807) is 12.2 Å². The van der Waals surface area contributed by atoms with Gasteiger partial charge in [-0.2, -0.15) is 0 Å². The number of nitrogens with one attached hydrogen (secondary N) is 2. The van der Waals surface area contributed by atoms with Gasteiger partial charge in [-0.1, -0.05) is 44.6 Å². The number of hydrogen-bond acceptors (Lipinski definition) is 4. The molecule has 9 unspecified atom stereocenters. The molecule has 0 aromatic heterocycles. The predicted molar refractivity (Wildman–Crippen MR) is 134 cm³/mol. The van der Waals surface area contributed by atoms with Crippen molar-refractivity contribution in [3.8, 4) is 0 Å². The molecule has 3 aliphatic carbocycles. The minimum atomic E-state index is -0.645. The SMILES string of the molecule is CCC1C(C)CC2C1C=CC1C3CC=CC(=O)NCCCC4NC(=O)/C(=C(\O)C=CC3CC12)C4=O. The second kappa shape index (κ2) is 9.79. The zero-order valence-electron chi connectivity index (χ0n) is 20.8. The second-order valence-corrected chi connectivity index (χ2v) is 11.3. The third kappa shape index (κ3) is 4.41. The monoisotopic (exact) mass is 478 g/mol. The molecule has 9 atom stereocenters. The Morgan fingerprint density at radius 2 is 1.77 bits per heavy atom. The summed E-state index contributed by atoms with van der Waals surface area (Å²) >= 11 is 0. The van der Waals surface area contributed by atoms with Crippen molar-refractivity contribution in [2.45, 2.75) is 58.4 Å². The normalized spacial score (nSPS) is 43.5. The topological polar surface area (TPSA) is 95.5 Å². The zero-order valence-corrected chi connectivity index (χ0v) is 20.8. The molecule has 0 aromatic rings. The number of hydrogen-bond donors (Lipinski definition) is 3. The van der Waals surface area contributed by atoms with Crippen molar-refractivity contribution >= 4 is 17.6 Å². The summed E-state index contributed by atoms with van der Waals surface area (Å²) in [5, 5.41) is 16.3. The number of amides is 2. The van der Waals surface area contributed by atoms with E-state index in [9.17, 15) is 19.5 Å². The smallest absolute Gasteiger partial charge is 0.259 e. The fourth-order valence-corrected chi connectivity index (χ4v) is 7.92. The van der Waals surface area contributed by atoms with E-state index in [0.29, 0.717) is 49.0 Å². The molecule has 0 spiro atoms. The van der Waals surface area contributed by atoms with Crippen molar-refractivity contribution in [3.05, 3.63) is 47.8 Å². The van der Waals surface area contributed by atoms with Crippen LogP contribution < -0.4 is 10.6 Å². The van der Waals surface area contributed by atoms with E-state index < -0.39 is 11.9 Å². The van der Waals surface area contributed by atoms with Gasteiger partial charge >= 0.3 is 0 Å². The van der Waals surface area contributed by atoms with Gasteiger partial charge in [-0.3, -0.25) is 14.4 Å². The van der Waals surface area contributed by atoms with Gasteiger partial charge in [-0.25, -0.2) is 0 Å². The number of Topliss-reactive ketones (excluding diaryl/α,β-unsaturated/α-hetero) is 1. The van der Waals surface area contributed by atoms with E-state index >= 15 is 0 Å². The number of aliphatic hydroxyl groups is 1. The molecular formula is C29H38N2O4. The van der Waals surface area contributed by atoms with Gasteiger partial charge in [0.25, 0.3) is 5.91 Å². The fourth-order valence-electron chi connectivity index (χ4n) is 7.92. The Labute approximate surface area is 208 Å². The van der Waals surface area contributed by atoms with Crippen LogP contribution in [0.3, 0.4) is 0 Å². The van der Waals surface area contributed by atoms with E-state index in [1.807, 2.05) is 12.2 Å². The molecule has 35 heavy (non-hydrogen) atoms. The van der Waals surface area contributed by atoms with Gasteiger partial charge in [0.1, 0.15) is 11.3 Å². The molecule has 188 valence electrons. The van der Waals surface area contributed by atoms with Crippen LogP contribution in [0.4, 0.5) is 0 Å². The summed E-state index contributed by atoms with van der Waals surface area (Å²) in [5.74, 6) is 3.16. The molecule has 2 amide bonds. The van der Waals surface area contributed by atoms with E-state index in [-0.39, 0.29) is 28.9 Å². The first-order valence-corrected chi connectivity index (χ1v) is 13.5. The number of allylic oxidation sites excluding steroid dienone is 5. The van der Waals surface area contributed by atoms with Gasteiger partial charge in [-0.05, 0) is 91.6 Å². The Bertz CT molecular complexity index is 1010. The van der Waals surface area contributed by atoms with Crippen molar-refractivity contribution in [1.29, 1.82) is 0 Å². The van der Waals surface area contributed by atoms with E-state index in [1.165, 1.54) is 12.8 Å². The van der Waals surface area contributed by atoms with Crippen molar-refractivity contribution in [1.82, 2.24) is 10.6 Å². The van der Waals surface area contributed by atoms with Crippen LogP contribution in [0.2, 0.25) is 0 Å². The molecule has 3 N–H and O–H groups in total.